The first-order valence-corrected chi connectivity index (χ1v) is 15.4. The third-order valence-corrected chi connectivity index (χ3v) is 8.42. The molecule has 13 heteroatoms. The van der Waals surface area contributed by atoms with Crippen LogP contribution in [0.3, 0.4) is 0 Å². The molecule has 0 aromatic heterocycles. The number of likely N-dealkylation sites (tertiary alicyclic amines) is 1. The van der Waals surface area contributed by atoms with E-state index in [1.165, 1.54) is 6.07 Å². The number of nitrogens with one attached hydrogen (secondary N) is 2. The summed E-state index contributed by atoms with van der Waals surface area (Å²) in [5.41, 5.74) is 0.737. The van der Waals surface area contributed by atoms with Crippen molar-refractivity contribution in [3.63, 3.8) is 0 Å². The zero-order chi connectivity index (χ0) is 34.1. The Hall–Kier alpha value is -4.29. The molecule has 1 saturated heterocycles. The van der Waals surface area contributed by atoms with Gasteiger partial charge in [0, 0.05) is 30.5 Å². The molecule has 5 rings (SSSR count). The number of β-amino-alcohol motifs (C(OH)–C–C–N with tert-alkyl or cyclic N) is 1. The highest BCUT2D eigenvalue weighted by molar-refractivity contribution is 6.30. The normalized spacial score (nSPS) is 19.1. The second kappa shape index (κ2) is 13.1. The minimum absolute atomic E-state index is 0.0143. The standard InChI is InChI=1S/C34H35ClF3N3O6/c1-32(2,3)47-30(43)40-16-20-12-13-22(35)14-21(20)17-39-29(42)28-15-33(45,34(36,37)38)19-41(28)31(44)46-18-27-25-10-6-4-8-23(25)24-9-5-7-11-26(24)27/h4-14,27-28,45H,15-19H2,1-3H3,(H,39,42)(H,40,43)/t28-,33?/m0/s1. The lowest BCUT2D eigenvalue weighted by Crippen LogP contribution is -2.48. The van der Waals surface area contributed by atoms with Crippen LogP contribution in [-0.4, -0.2) is 64.7 Å². The van der Waals surface area contributed by atoms with Crippen LogP contribution in [-0.2, 0) is 27.4 Å². The number of hydrogen-bond donors (Lipinski definition) is 3. The minimum Gasteiger partial charge on any atom is -0.448 e. The summed E-state index contributed by atoms with van der Waals surface area (Å²) < 4.78 is 52.7. The molecule has 1 fully saturated rings. The van der Waals surface area contributed by atoms with E-state index < -0.39 is 54.5 Å². The smallest absolute Gasteiger partial charge is 0.419 e. The second-order valence-electron chi connectivity index (χ2n) is 12.7. The number of hydrogen-bond acceptors (Lipinski definition) is 6. The van der Waals surface area contributed by atoms with Crippen LogP contribution in [0.5, 0.6) is 0 Å². The zero-order valence-corrected chi connectivity index (χ0v) is 26.7. The van der Waals surface area contributed by atoms with Crippen LogP contribution in [0.15, 0.2) is 66.7 Å². The van der Waals surface area contributed by atoms with Crippen molar-refractivity contribution >= 4 is 29.7 Å². The van der Waals surface area contributed by atoms with Gasteiger partial charge in [0.2, 0.25) is 5.91 Å². The van der Waals surface area contributed by atoms with Gasteiger partial charge in [0.05, 0.1) is 6.54 Å². The quantitative estimate of drug-likeness (QED) is 0.271. The molecule has 250 valence electrons. The molecule has 2 aliphatic rings. The summed E-state index contributed by atoms with van der Waals surface area (Å²) in [6.07, 6.45) is -8.01. The van der Waals surface area contributed by atoms with Crippen LogP contribution in [0.25, 0.3) is 11.1 Å². The van der Waals surface area contributed by atoms with Crippen molar-refractivity contribution in [1.82, 2.24) is 15.5 Å². The lowest BCUT2D eigenvalue weighted by Gasteiger charge is -2.26. The number of alkyl carbamates (subject to hydrolysis) is 1. The SMILES string of the molecule is CC(C)(C)OC(=O)NCc1ccc(Cl)cc1CNC(=O)[C@@H]1CC(O)(C(F)(F)F)CN1C(=O)OCC1c2ccccc2-c2ccccc21. The van der Waals surface area contributed by atoms with Crippen molar-refractivity contribution in [1.29, 1.82) is 0 Å². The van der Waals surface area contributed by atoms with Crippen molar-refractivity contribution < 1.29 is 42.1 Å². The predicted octanol–water partition coefficient (Wildman–Crippen LogP) is 6.30. The van der Waals surface area contributed by atoms with Crippen LogP contribution in [0.2, 0.25) is 5.02 Å². The summed E-state index contributed by atoms with van der Waals surface area (Å²) in [5, 5.41) is 16.0. The van der Waals surface area contributed by atoms with Gasteiger partial charge in [-0.1, -0.05) is 66.2 Å². The third-order valence-electron chi connectivity index (χ3n) is 8.18. The maximum Gasteiger partial charge on any atom is 0.419 e. The number of rotatable bonds is 7. The van der Waals surface area contributed by atoms with Gasteiger partial charge in [-0.15, -0.1) is 0 Å². The van der Waals surface area contributed by atoms with Crippen molar-refractivity contribution in [2.45, 2.75) is 69.6 Å². The Bertz CT molecular complexity index is 1630. The maximum atomic E-state index is 14.0. The van der Waals surface area contributed by atoms with E-state index in [0.29, 0.717) is 21.0 Å². The van der Waals surface area contributed by atoms with Gasteiger partial charge in [-0.25, -0.2) is 9.59 Å². The van der Waals surface area contributed by atoms with Crippen molar-refractivity contribution in [3.05, 3.63) is 94.0 Å². The van der Waals surface area contributed by atoms with Crippen LogP contribution in [0, 0.1) is 0 Å². The van der Waals surface area contributed by atoms with Gasteiger partial charge in [0.15, 0.2) is 5.60 Å². The number of amides is 3. The molecule has 3 aromatic carbocycles. The lowest BCUT2D eigenvalue weighted by molar-refractivity contribution is -0.253. The summed E-state index contributed by atoms with van der Waals surface area (Å²) in [6, 6.07) is 18.2. The highest BCUT2D eigenvalue weighted by atomic mass is 35.5. The van der Waals surface area contributed by atoms with E-state index in [9.17, 15) is 32.7 Å². The Morgan fingerprint density at radius 3 is 2.13 bits per heavy atom. The number of alkyl halides is 3. The van der Waals surface area contributed by atoms with Crippen molar-refractivity contribution in [2.75, 3.05) is 13.2 Å². The molecule has 3 aromatic rings. The highest BCUT2D eigenvalue weighted by Gasteiger charge is 2.62. The Kier molecular flexibility index (Phi) is 9.47. The fourth-order valence-corrected chi connectivity index (χ4v) is 6.10. The number of ether oxygens (including phenoxy) is 2. The number of benzene rings is 3. The Labute approximate surface area is 275 Å². The van der Waals surface area contributed by atoms with E-state index in [0.717, 1.165) is 22.3 Å². The van der Waals surface area contributed by atoms with Gasteiger partial charge in [-0.3, -0.25) is 9.69 Å². The number of carbonyl (C=O) groups excluding carboxylic acids is 3. The summed E-state index contributed by atoms with van der Waals surface area (Å²) in [5.74, 6) is -1.29. The number of fused-ring (bicyclic) bond motifs is 3. The number of nitrogens with zero attached hydrogens (tertiary/aromatic N) is 1. The van der Waals surface area contributed by atoms with Crippen molar-refractivity contribution in [3.8, 4) is 11.1 Å². The Balaban J connectivity index is 1.30. The first-order chi connectivity index (χ1) is 22.1. The van der Waals surface area contributed by atoms with Gasteiger partial charge in [-0.2, -0.15) is 13.2 Å². The van der Waals surface area contributed by atoms with Crippen LogP contribution >= 0.6 is 11.6 Å². The first kappa shape index (κ1) is 34.1. The second-order valence-corrected chi connectivity index (χ2v) is 13.1. The molecule has 3 N–H and O–H groups in total. The summed E-state index contributed by atoms with van der Waals surface area (Å²) in [7, 11) is 0. The van der Waals surface area contributed by atoms with Crippen molar-refractivity contribution in [2.24, 2.45) is 0 Å². The van der Waals surface area contributed by atoms with Gasteiger partial charge in [-0.05, 0) is 66.3 Å². The molecule has 0 radical (unpaired) electrons. The van der Waals surface area contributed by atoms with E-state index in [2.05, 4.69) is 10.6 Å². The van der Waals surface area contributed by atoms with E-state index in [-0.39, 0.29) is 25.6 Å². The monoisotopic (exact) mass is 673 g/mol. The van der Waals surface area contributed by atoms with E-state index >= 15 is 0 Å². The molecular weight excluding hydrogens is 639 g/mol. The van der Waals surface area contributed by atoms with Gasteiger partial charge < -0.3 is 25.2 Å². The van der Waals surface area contributed by atoms with E-state index in [1.54, 1.807) is 32.9 Å². The number of halogens is 4. The molecule has 1 aliphatic heterocycles. The molecule has 3 amide bonds. The number of aliphatic hydroxyl groups is 1. The van der Waals surface area contributed by atoms with E-state index in [1.807, 2.05) is 48.5 Å². The van der Waals surface area contributed by atoms with Gasteiger partial charge in [0.25, 0.3) is 0 Å². The molecule has 2 atom stereocenters. The first-order valence-electron chi connectivity index (χ1n) is 15.0. The third kappa shape index (κ3) is 7.49. The highest BCUT2D eigenvalue weighted by Crippen LogP contribution is 2.45. The molecule has 9 nitrogen and oxygen atoms in total. The molecule has 1 heterocycles. The van der Waals surface area contributed by atoms with Crippen LogP contribution in [0.1, 0.15) is 55.4 Å². The van der Waals surface area contributed by atoms with Gasteiger partial charge >= 0.3 is 18.4 Å². The summed E-state index contributed by atoms with van der Waals surface area (Å²) in [6.45, 7) is 3.61. The van der Waals surface area contributed by atoms with Crippen LogP contribution in [0.4, 0.5) is 22.8 Å². The molecule has 1 unspecified atom stereocenters. The lowest BCUT2D eigenvalue weighted by atomic mass is 9.98. The molecule has 0 bridgehead atoms. The Morgan fingerprint density at radius 2 is 1.53 bits per heavy atom. The van der Waals surface area contributed by atoms with Crippen LogP contribution < -0.4 is 10.6 Å². The fourth-order valence-electron chi connectivity index (χ4n) is 5.91. The Morgan fingerprint density at radius 1 is 0.936 bits per heavy atom. The molecule has 47 heavy (non-hydrogen) atoms. The molecule has 1 aliphatic carbocycles. The molecule has 0 spiro atoms. The summed E-state index contributed by atoms with van der Waals surface area (Å²) in [4.78, 5) is 39.5. The summed E-state index contributed by atoms with van der Waals surface area (Å²) >= 11 is 6.16. The average molecular weight is 674 g/mol. The minimum atomic E-state index is -5.11. The van der Waals surface area contributed by atoms with E-state index in [4.69, 9.17) is 21.1 Å². The number of carbonyl (C=O) groups is 3. The molecular formula is C34H35ClF3N3O6. The average Bonchev–Trinajstić information content (AvgIpc) is 3.53. The predicted molar refractivity (Wildman–Crippen MR) is 168 cm³/mol. The zero-order valence-electron chi connectivity index (χ0n) is 26.0. The molecule has 0 saturated carbocycles. The topological polar surface area (TPSA) is 117 Å². The maximum absolute atomic E-state index is 14.0. The fraction of sp³-hybridized carbons (Fsp3) is 0.382. The largest absolute Gasteiger partial charge is 0.448 e. The van der Waals surface area contributed by atoms with Gasteiger partial charge in [0.1, 0.15) is 18.2 Å².